The number of thiophene rings is 1. The van der Waals surface area contributed by atoms with Gasteiger partial charge in [-0.25, -0.2) is 13.2 Å². The molecule has 0 saturated carbocycles. The number of hydrogen-bond acceptors (Lipinski definition) is 6. The van der Waals surface area contributed by atoms with E-state index in [1.807, 2.05) is 5.32 Å². The molecule has 26 heavy (non-hydrogen) atoms. The average Bonchev–Trinajstić information content (AvgIpc) is 3.09. The molecule has 0 aromatic carbocycles. The van der Waals surface area contributed by atoms with Crippen LogP contribution in [0, 0.1) is 5.92 Å². The first-order valence-corrected chi connectivity index (χ1v) is 9.88. The molecule has 2 heterocycles. The second-order valence-corrected chi connectivity index (χ2v) is 8.44. The summed E-state index contributed by atoms with van der Waals surface area (Å²) in [4.78, 5) is 23.2. The maximum Gasteiger partial charge on any atom is 0.405 e. The van der Waals surface area contributed by atoms with Crippen molar-refractivity contribution in [2.24, 2.45) is 5.92 Å². The van der Waals surface area contributed by atoms with E-state index in [0.717, 1.165) is 22.8 Å². The lowest BCUT2D eigenvalue weighted by atomic mass is 9.97. The van der Waals surface area contributed by atoms with Crippen LogP contribution in [-0.2, 0) is 19.6 Å². The Labute approximate surface area is 152 Å². The SMILES string of the molecule is COC(=O)c1sccc1S(=O)(=O)N1CCC(C(=O)NCC(F)(F)F)CC1. The second-order valence-electron chi connectivity index (χ2n) is 5.62. The van der Waals surface area contributed by atoms with E-state index in [2.05, 4.69) is 4.74 Å². The van der Waals surface area contributed by atoms with Gasteiger partial charge in [-0.2, -0.15) is 17.5 Å². The molecule has 0 radical (unpaired) electrons. The number of ether oxygens (including phenoxy) is 1. The summed E-state index contributed by atoms with van der Waals surface area (Å²) in [6, 6.07) is 1.30. The first-order valence-electron chi connectivity index (χ1n) is 7.56. The third-order valence-electron chi connectivity index (χ3n) is 3.91. The molecule has 146 valence electrons. The predicted molar refractivity (Wildman–Crippen MR) is 86.2 cm³/mol. The molecule has 12 heteroatoms. The summed E-state index contributed by atoms with van der Waals surface area (Å²) in [6.45, 7) is -1.46. The van der Waals surface area contributed by atoms with Crippen molar-refractivity contribution in [3.63, 3.8) is 0 Å². The van der Waals surface area contributed by atoms with Crippen molar-refractivity contribution in [1.29, 1.82) is 0 Å². The zero-order chi connectivity index (χ0) is 19.5. The summed E-state index contributed by atoms with van der Waals surface area (Å²) >= 11 is 0.936. The monoisotopic (exact) mass is 414 g/mol. The number of methoxy groups -OCH3 is 1. The lowest BCUT2D eigenvalue weighted by Crippen LogP contribution is -2.44. The fraction of sp³-hybridized carbons (Fsp3) is 0.571. The number of nitrogens with one attached hydrogen (secondary N) is 1. The standard InChI is InChI=1S/C14H17F3N2O5S2/c1-24-13(21)11-10(4-7-25-11)26(22,23)19-5-2-9(3-6-19)12(20)18-8-14(15,16)17/h4,7,9H,2-3,5-6,8H2,1H3,(H,18,20). The Kier molecular flexibility index (Phi) is 6.29. The lowest BCUT2D eigenvalue weighted by Gasteiger charge is -2.30. The molecule has 1 aliphatic heterocycles. The van der Waals surface area contributed by atoms with Gasteiger partial charge in [-0.1, -0.05) is 0 Å². The number of halogens is 3. The van der Waals surface area contributed by atoms with E-state index in [4.69, 9.17) is 0 Å². The molecule has 1 aromatic rings. The van der Waals surface area contributed by atoms with Gasteiger partial charge in [-0.3, -0.25) is 4.79 Å². The number of hydrogen-bond donors (Lipinski definition) is 1. The third-order valence-corrected chi connectivity index (χ3v) is 6.87. The Hall–Kier alpha value is -1.66. The number of sulfonamides is 1. The minimum absolute atomic E-state index is 0.0249. The first kappa shape index (κ1) is 20.6. The van der Waals surface area contributed by atoms with Crippen molar-refractivity contribution < 1.29 is 35.9 Å². The summed E-state index contributed by atoms with van der Waals surface area (Å²) < 4.78 is 67.5. The molecule has 7 nitrogen and oxygen atoms in total. The largest absolute Gasteiger partial charge is 0.465 e. The number of nitrogens with zero attached hydrogens (tertiary/aromatic N) is 1. The van der Waals surface area contributed by atoms with Gasteiger partial charge < -0.3 is 10.1 Å². The molecule has 1 amide bonds. The number of carbonyl (C=O) groups excluding carboxylic acids is 2. The summed E-state index contributed by atoms with van der Waals surface area (Å²) in [5.41, 5.74) is 0. The van der Waals surface area contributed by atoms with Crippen molar-refractivity contribution >= 4 is 33.2 Å². The van der Waals surface area contributed by atoms with Crippen molar-refractivity contribution in [3.05, 3.63) is 16.3 Å². The van der Waals surface area contributed by atoms with E-state index in [9.17, 15) is 31.2 Å². The van der Waals surface area contributed by atoms with E-state index in [-0.39, 0.29) is 35.7 Å². The minimum atomic E-state index is -4.50. The Morgan fingerprint density at radius 1 is 1.35 bits per heavy atom. The lowest BCUT2D eigenvalue weighted by molar-refractivity contribution is -0.141. The number of alkyl halides is 3. The maximum absolute atomic E-state index is 12.7. The number of rotatable bonds is 5. The Balaban J connectivity index is 2.02. The van der Waals surface area contributed by atoms with Gasteiger partial charge in [0.15, 0.2) is 0 Å². The molecule has 0 aliphatic carbocycles. The van der Waals surface area contributed by atoms with Crippen LogP contribution in [0.1, 0.15) is 22.5 Å². The Morgan fingerprint density at radius 3 is 2.50 bits per heavy atom. The first-order chi connectivity index (χ1) is 12.1. The van der Waals surface area contributed by atoms with Crippen LogP contribution in [-0.4, -0.2) is 57.5 Å². The van der Waals surface area contributed by atoms with Gasteiger partial charge in [0.1, 0.15) is 16.3 Å². The fourth-order valence-corrected chi connectivity index (χ4v) is 5.35. The number of esters is 1. The molecule has 0 unspecified atom stereocenters. The number of carbonyl (C=O) groups is 2. The van der Waals surface area contributed by atoms with Gasteiger partial charge in [-0.05, 0) is 24.3 Å². The predicted octanol–water partition coefficient (Wildman–Crippen LogP) is 1.61. The van der Waals surface area contributed by atoms with Gasteiger partial charge in [0, 0.05) is 19.0 Å². The van der Waals surface area contributed by atoms with Crippen molar-refractivity contribution in [2.45, 2.75) is 23.9 Å². The maximum atomic E-state index is 12.7. The molecule has 1 aromatic heterocycles. The van der Waals surface area contributed by atoms with Gasteiger partial charge in [0.25, 0.3) is 0 Å². The molecule has 1 N–H and O–H groups in total. The van der Waals surface area contributed by atoms with Gasteiger partial charge in [-0.15, -0.1) is 11.3 Å². The van der Waals surface area contributed by atoms with Crippen LogP contribution < -0.4 is 5.32 Å². The molecular formula is C14H17F3N2O5S2. The van der Waals surface area contributed by atoms with Crippen LogP contribution in [0.2, 0.25) is 0 Å². The van der Waals surface area contributed by atoms with Crippen LogP contribution in [0.25, 0.3) is 0 Å². The summed E-state index contributed by atoms with van der Waals surface area (Å²) in [7, 11) is -2.82. The van der Waals surface area contributed by atoms with E-state index in [1.54, 1.807) is 0 Å². The summed E-state index contributed by atoms with van der Waals surface area (Å²) in [5, 5.41) is 3.27. The highest BCUT2D eigenvalue weighted by Gasteiger charge is 2.36. The topological polar surface area (TPSA) is 92.8 Å². The second kappa shape index (κ2) is 7.92. The van der Waals surface area contributed by atoms with Gasteiger partial charge in [0.2, 0.25) is 15.9 Å². The molecule has 0 atom stereocenters. The van der Waals surface area contributed by atoms with Crippen molar-refractivity contribution in [3.8, 4) is 0 Å². The number of piperidine rings is 1. The normalized spacial score (nSPS) is 17.1. The average molecular weight is 414 g/mol. The third kappa shape index (κ3) is 4.74. The smallest absolute Gasteiger partial charge is 0.405 e. The quantitative estimate of drug-likeness (QED) is 0.739. The molecule has 2 rings (SSSR count). The zero-order valence-corrected chi connectivity index (χ0v) is 15.3. The highest BCUT2D eigenvalue weighted by Crippen LogP contribution is 2.29. The van der Waals surface area contributed by atoms with E-state index < -0.39 is 40.5 Å². The number of amides is 1. The van der Waals surface area contributed by atoms with Crippen molar-refractivity contribution in [2.75, 3.05) is 26.7 Å². The van der Waals surface area contributed by atoms with Crippen molar-refractivity contribution in [1.82, 2.24) is 9.62 Å². The highest BCUT2D eigenvalue weighted by molar-refractivity contribution is 7.89. The van der Waals surface area contributed by atoms with Crippen LogP contribution in [0.3, 0.4) is 0 Å². The van der Waals surface area contributed by atoms with Crippen LogP contribution in [0.5, 0.6) is 0 Å². The summed E-state index contributed by atoms with van der Waals surface area (Å²) in [5.74, 6) is -2.20. The summed E-state index contributed by atoms with van der Waals surface area (Å²) in [6.07, 6.45) is -4.30. The van der Waals surface area contributed by atoms with Gasteiger partial charge >= 0.3 is 12.1 Å². The van der Waals surface area contributed by atoms with Gasteiger partial charge in [0.05, 0.1) is 7.11 Å². The van der Waals surface area contributed by atoms with Crippen LogP contribution >= 0.6 is 11.3 Å². The highest BCUT2D eigenvalue weighted by atomic mass is 32.2. The Morgan fingerprint density at radius 2 is 1.96 bits per heavy atom. The minimum Gasteiger partial charge on any atom is -0.465 e. The zero-order valence-electron chi connectivity index (χ0n) is 13.7. The van der Waals surface area contributed by atoms with E-state index in [0.29, 0.717) is 0 Å². The molecule has 1 aliphatic rings. The van der Waals surface area contributed by atoms with Crippen LogP contribution in [0.15, 0.2) is 16.3 Å². The fourth-order valence-electron chi connectivity index (χ4n) is 2.57. The molecule has 0 spiro atoms. The molecular weight excluding hydrogens is 397 g/mol. The molecule has 0 bridgehead atoms. The molecule has 1 fully saturated rings. The van der Waals surface area contributed by atoms with E-state index >= 15 is 0 Å². The molecule has 1 saturated heterocycles. The van der Waals surface area contributed by atoms with E-state index in [1.165, 1.54) is 11.4 Å². The van der Waals surface area contributed by atoms with Crippen LogP contribution in [0.4, 0.5) is 13.2 Å². The Bertz CT molecular complexity index is 768.